The van der Waals surface area contributed by atoms with Crippen LogP contribution in [0.2, 0.25) is 0 Å². The van der Waals surface area contributed by atoms with Gasteiger partial charge in [-0.2, -0.15) is 0 Å². The van der Waals surface area contributed by atoms with E-state index in [1.54, 1.807) is 25.2 Å². The lowest BCUT2D eigenvalue weighted by molar-refractivity contribution is -0.0868. The normalized spacial score (nSPS) is 13.8. The Hall–Kier alpha value is -4.89. The van der Waals surface area contributed by atoms with Gasteiger partial charge in [0, 0.05) is 7.05 Å². The zero-order valence-corrected chi connectivity index (χ0v) is 24.2. The predicted octanol–water partition coefficient (Wildman–Crippen LogP) is 6.11. The highest BCUT2D eigenvalue weighted by Crippen LogP contribution is 2.47. The third kappa shape index (κ3) is 5.28. The first kappa shape index (κ1) is 28.2. The second-order valence-electron chi connectivity index (χ2n) is 10.7. The van der Waals surface area contributed by atoms with Gasteiger partial charge in [0.25, 0.3) is 5.91 Å². The maximum Gasteiger partial charge on any atom is 0.253 e. The number of nitrogens with zero attached hydrogens (tertiary/aromatic N) is 2. The van der Waals surface area contributed by atoms with Gasteiger partial charge in [-0.25, -0.2) is 9.37 Å². The number of methoxy groups -OCH3 is 1. The van der Waals surface area contributed by atoms with Crippen molar-refractivity contribution in [3.05, 3.63) is 107 Å². The van der Waals surface area contributed by atoms with Gasteiger partial charge in [-0.1, -0.05) is 66.7 Å². The number of hydrogen-bond acceptors (Lipinski definition) is 6. The monoisotopic (exact) mass is 581 g/mol. The number of nitrogens with one attached hydrogen (secondary N) is 1. The lowest BCUT2D eigenvalue weighted by Gasteiger charge is -2.40. The maximum atomic E-state index is 16.9. The third-order valence-electron chi connectivity index (χ3n) is 7.58. The van der Waals surface area contributed by atoms with Crippen molar-refractivity contribution in [1.82, 2.24) is 14.9 Å². The Balaban J connectivity index is 1.54. The van der Waals surface area contributed by atoms with Crippen molar-refractivity contribution < 1.29 is 28.1 Å². The molecule has 8 nitrogen and oxygen atoms in total. The molecular weight excluding hydrogens is 549 g/mol. The molecule has 1 aliphatic heterocycles. The summed E-state index contributed by atoms with van der Waals surface area (Å²) in [7, 11) is 3.07. The van der Waals surface area contributed by atoms with Crippen LogP contribution in [0.3, 0.4) is 0 Å². The van der Waals surface area contributed by atoms with Crippen molar-refractivity contribution in [1.29, 1.82) is 0 Å². The van der Waals surface area contributed by atoms with Crippen molar-refractivity contribution in [3.8, 4) is 28.6 Å². The molecule has 1 aromatic heterocycles. The molecule has 1 saturated heterocycles. The van der Waals surface area contributed by atoms with E-state index in [-0.39, 0.29) is 41.9 Å². The molecule has 1 fully saturated rings. The van der Waals surface area contributed by atoms with Crippen LogP contribution in [0.1, 0.15) is 28.4 Å². The molecule has 1 aliphatic rings. The largest absolute Gasteiger partial charge is 0.493 e. The molecule has 0 radical (unpaired) electrons. The van der Waals surface area contributed by atoms with E-state index in [1.807, 2.05) is 78.2 Å². The van der Waals surface area contributed by atoms with Gasteiger partial charge in [0.15, 0.2) is 11.6 Å². The Labute approximate surface area is 249 Å². The molecule has 0 atom stereocenters. The Kier molecular flexibility index (Phi) is 7.73. The molecule has 43 heavy (non-hydrogen) atoms. The quantitative estimate of drug-likeness (QED) is 0.214. The average molecular weight is 582 g/mol. The minimum absolute atomic E-state index is 0.0886. The number of fused-ring (bicyclic) bond motifs is 1. The van der Waals surface area contributed by atoms with Crippen molar-refractivity contribution in [3.63, 3.8) is 0 Å². The number of aromatic nitrogens is 2. The second-order valence-corrected chi connectivity index (χ2v) is 10.7. The van der Waals surface area contributed by atoms with Crippen molar-refractivity contribution in [2.75, 3.05) is 27.4 Å². The molecule has 0 spiro atoms. The van der Waals surface area contributed by atoms with Gasteiger partial charge >= 0.3 is 0 Å². The molecule has 5 aromatic rings. The van der Waals surface area contributed by atoms with Gasteiger partial charge in [-0.15, -0.1) is 0 Å². The van der Waals surface area contributed by atoms with Crippen LogP contribution in [-0.2, 0) is 23.5 Å². The first-order valence-electron chi connectivity index (χ1n) is 14.0. The number of halogens is 1. The van der Waals surface area contributed by atoms with Crippen LogP contribution in [0.15, 0.2) is 84.9 Å². The summed E-state index contributed by atoms with van der Waals surface area (Å²) >= 11 is 0. The number of hydrogen-bond donors (Lipinski definition) is 1. The second kappa shape index (κ2) is 11.8. The Bertz CT molecular complexity index is 1770. The van der Waals surface area contributed by atoms with Gasteiger partial charge in [-0.3, -0.25) is 4.79 Å². The molecule has 0 aliphatic carbocycles. The van der Waals surface area contributed by atoms with E-state index in [4.69, 9.17) is 23.9 Å². The molecule has 6 rings (SSSR count). The Morgan fingerprint density at radius 2 is 1.58 bits per heavy atom. The minimum Gasteiger partial charge on any atom is -0.493 e. The molecule has 0 saturated carbocycles. The summed E-state index contributed by atoms with van der Waals surface area (Å²) in [4.78, 5) is 17.7. The van der Waals surface area contributed by atoms with Gasteiger partial charge in [0.1, 0.15) is 24.6 Å². The number of carbonyl (C=O) groups excluding carboxylic acids is 1. The van der Waals surface area contributed by atoms with E-state index >= 15 is 4.39 Å². The molecule has 2 heterocycles. The zero-order chi connectivity index (χ0) is 30.0. The molecule has 0 bridgehead atoms. The van der Waals surface area contributed by atoms with Crippen LogP contribution in [-0.4, -0.2) is 42.8 Å². The summed E-state index contributed by atoms with van der Waals surface area (Å²) in [6.45, 7) is 3.12. The fourth-order valence-corrected chi connectivity index (χ4v) is 5.30. The first-order valence-corrected chi connectivity index (χ1v) is 14.0. The van der Waals surface area contributed by atoms with Gasteiger partial charge in [0.2, 0.25) is 11.5 Å². The van der Waals surface area contributed by atoms with E-state index < -0.39 is 11.4 Å². The molecule has 1 N–H and O–H groups in total. The molecule has 9 heteroatoms. The first-order chi connectivity index (χ1) is 20.9. The molecule has 4 aromatic carbocycles. The van der Waals surface area contributed by atoms with Crippen LogP contribution in [0.4, 0.5) is 4.39 Å². The Morgan fingerprint density at radius 3 is 2.14 bits per heavy atom. The highest BCUT2D eigenvalue weighted by Gasteiger charge is 2.40. The van der Waals surface area contributed by atoms with Crippen molar-refractivity contribution in [2.24, 2.45) is 0 Å². The van der Waals surface area contributed by atoms with Crippen molar-refractivity contribution in [2.45, 2.75) is 25.7 Å². The van der Waals surface area contributed by atoms with Crippen LogP contribution in [0, 0.1) is 5.82 Å². The molecular formula is C34H32FN3O5. The number of amides is 1. The van der Waals surface area contributed by atoms with E-state index in [0.29, 0.717) is 35.6 Å². The summed E-state index contributed by atoms with van der Waals surface area (Å²) in [5, 5.41) is 2.67. The SMILES string of the molecule is CNC(=O)c1cccc2c1nc(-c1cc(OC)c(OCc3ccccc3)c(OCc3ccccc3)c1F)n2C1(C)COC1. The maximum absolute atomic E-state index is 16.9. The third-order valence-corrected chi connectivity index (χ3v) is 7.58. The minimum atomic E-state index is -0.651. The van der Waals surface area contributed by atoms with E-state index in [1.165, 1.54) is 7.11 Å². The summed E-state index contributed by atoms with van der Waals surface area (Å²) in [6, 6.07) is 26.0. The number of ether oxygens (including phenoxy) is 4. The fourth-order valence-electron chi connectivity index (χ4n) is 5.30. The predicted molar refractivity (Wildman–Crippen MR) is 161 cm³/mol. The van der Waals surface area contributed by atoms with Crippen LogP contribution >= 0.6 is 0 Å². The lowest BCUT2D eigenvalue weighted by atomic mass is 9.98. The zero-order valence-electron chi connectivity index (χ0n) is 24.2. The molecule has 0 unspecified atom stereocenters. The average Bonchev–Trinajstić information content (AvgIpc) is 3.42. The van der Waals surface area contributed by atoms with Gasteiger partial charge in [-0.05, 0) is 36.2 Å². The van der Waals surface area contributed by atoms with Crippen molar-refractivity contribution >= 4 is 16.9 Å². The Morgan fingerprint density at radius 1 is 0.953 bits per heavy atom. The number of imidazole rings is 1. The summed E-state index contributed by atoms with van der Waals surface area (Å²) in [5.41, 5.74) is 2.94. The highest BCUT2D eigenvalue weighted by atomic mass is 19.1. The van der Waals surface area contributed by atoms with Crippen LogP contribution in [0.25, 0.3) is 22.4 Å². The molecule has 220 valence electrons. The van der Waals surface area contributed by atoms with Gasteiger partial charge < -0.3 is 28.8 Å². The number of benzene rings is 4. The fraction of sp³-hybridized carbons (Fsp3) is 0.235. The molecule has 1 amide bonds. The number of carbonyl (C=O) groups is 1. The van der Waals surface area contributed by atoms with Crippen LogP contribution < -0.4 is 19.5 Å². The van der Waals surface area contributed by atoms with Crippen LogP contribution in [0.5, 0.6) is 17.2 Å². The highest BCUT2D eigenvalue weighted by molar-refractivity contribution is 6.05. The summed E-state index contributed by atoms with van der Waals surface area (Å²) in [6.07, 6.45) is 0. The topological polar surface area (TPSA) is 83.8 Å². The van der Waals surface area contributed by atoms with E-state index in [2.05, 4.69) is 5.32 Å². The standard InChI is InChI=1S/C34H32FN3O5/c1-34(20-41-21-34)38-26-16-10-15-24(33(39)36-2)29(26)37-32(38)25-17-27(40-3)30(42-18-22-11-6-4-7-12-22)31(28(25)35)43-19-23-13-8-5-9-14-23/h4-17H,18-21H2,1-3H3,(H,36,39). The number of rotatable bonds is 10. The number of para-hydroxylation sites is 1. The smallest absolute Gasteiger partial charge is 0.253 e. The van der Waals surface area contributed by atoms with E-state index in [9.17, 15) is 4.79 Å². The van der Waals surface area contributed by atoms with E-state index in [0.717, 1.165) is 11.1 Å². The lowest BCUT2D eigenvalue weighted by Crippen LogP contribution is -2.49. The van der Waals surface area contributed by atoms with Gasteiger partial charge in [0.05, 0.1) is 42.5 Å². The summed E-state index contributed by atoms with van der Waals surface area (Å²) < 4.78 is 42.5. The summed E-state index contributed by atoms with van der Waals surface area (Å²) in [5.74, 6) is -0.263.